The Morgan fingerprint density at radius 1 is 0.933 bits per heavy atom. The van der Waals surface area contributed by atoms with Crippen molar-refractivity contribution in [2.75, 3.05) is 0 Å². The van der Waals surface area contributed by atoms with Gasteiger partial charge in [-0.1, -0.05) is 0 Å². The summed E-state index contributed by atoms with van der Waals surface area (Å²) in [5.41, 5.74) is 0.672. The van der Waals surface area contributed by atoms with Crippen molar-refractivity contribution >= 4 is 31.8 Å². The van der Waals surface area contributed by atoms with Crippen LogP contribution in [0.15, 0.2) is 29.8 Å². The Morgan fingerprint density at radius 2 is 1.47 bits per heavy atom. The van der Waals surface area contributed by atoms with E-state index in [-0.39, 0.29) is 5.43 Å². The van der Waals surface area contributed by atoms with E-state index in [4.69, 9.17) is 0 Å². The zero-order valence-corrected chi connectivity index (χ0v) is 8.23. The van der Waals surface area contributed by atoms with Gasteiger partial charge >= 0.3 is 0 Å². The zero-order valence-electron chi connectivity index (χ0n) is 7.41. The summed E-state index contributed by atoms with van der Waals surface area (Å²) < 4.78 is 1.51. The average molecular weight is 216 g/mol. The molecule has 72 valence electrons. The van der Waals surface area contributed by atoms with Crippen LogP contribution in [0.4, 0.5) is 0 Å². The van der Waals surface area contributed by atoms with Crippen molar-refractivity contribution in [3.05, 3.63) is 35.3 Å². The minimum absolute atomic E-state index is 0.163. The van der Waals surface area contributed by atoms with Crippen LogP contribution in [-0.4, -0.2) is 19.9 Å². The van der Waals surface area contributed by atoms with E-state index in [0.717, 1.165) is 9.40 Å². The van der Waals surface area contributed by atoms with E-state index >= 15 is 0 Å². The van der Waals surface area contributed by atoms with Crippen LogP contribution in [0.2, 0.25) is 0 Å². The average Bonchev–Trinajstić information content (AvgIpc) is 2.30. The van der Waals surface area contributed by atoms with Gasteiger partial charge in [0.25, 0.3) is 0 Å². The molecule has 5 nitrogen and oxygen atoms in total. The Labute approximate surface area is 87.5 Å². The second-order valence-electron chi connectivity index (χ2n) is 2.90. The number of aromatic nitrogens is 4. The van der Waals surface area contributed by atoms with Crippen LogP contribution in [-0.2, 0) is 0 Å². The Balaban J connectivity index is 2.66. The van der Waals surface area contributed by atoms with Crippen LogP contribution in [0.3, 0.4) is 0 Å². The fourth-order valence-electron chi connectivity index (χ4n) is 1.35. The largest absolute Gasteiger partial charge is 0.285 e. The summed E-state index contributed by atoms with van der Waals surface area (Å²) in [6.07, 6.45) is 5.98. The first-order valence-electron chi connectivity index (χ1n) is 4.19. The molecule has 0 spiro atoms. The Bertz CT molecular complexity index is 652. The molecule has 0 saturated carbocycles. The Hall–Kier alpha value is -1.95. The molecule has 0 atom stereocenters. The smallest absolute Gasteiger partial charge is 0.232 e. The van der Waals surface area contributed by atoms with Gasteiger partial charge in [0.2, 0.25) is 5.43 Å². The molecular weight excluding hydrogens is 212 g/mol. The molecule has 3 rings (SSSR count). The van der Waals surface area contributed by atoms with Crippen LogP contribution < -0.4 is 5.43 Å². The minimum Gasteiger partial charge on any atom is -0.285 e. The van der Waals surface area contributed by atoms with E-state index in [0.29, 0.717) is 11.0 Å². The lowest BCUT2D eigenvalue weighted by molar-refractivity contribution is 1.21. The normalized spacial score (nSPS) is 10.9. The van der Waals surface area contributed by atoms with E-state index in [9.17, 15) is 4.79 Å². The third kappa shape index (κ3) is 1.18. The Morgan fingerprint density at radius 3 is 2.00 bits per heavy atom. The molecule has 0 fully saturated rings. The molecule has 3 aromatic heterocycles. The lowest BCUT2D eigenvalue weighted by Gasteiger charge is -1.96. The minimum atomic E-state index is -0.163. The standard InChI is InChI=1S/C9H4N4OS/c14-9-7-5(1-10-3-12-7)15-6-2-11-4-13-8(6)9/h1-4H. The first-order chi connectivity index (χ1) is 7.36. The van der Waals surface area contributed by atoms with E-state index < -0.39 is 0 Å². The monoisotopic (exact) mass is 216 g/mol. The quantitative estimate of drug-likeness (QED) is 0.524. The molecule has 0 bridgehead atoms. The second kappa shape index (κ2) is 3.03. The molecule has 6 heteroatoms. The SMILES string of the molecule is O=c1c2ncncc2sc2cncnc12. The first-order valence-corrected chi connectivity index (χ1v) is 5.00. The number of fused-ring (bicyclic) bond motifs is 2. The molecule has 0 saturated heterocycles. The fraction of sp³-hybridized carbons (Fsp3) is 0. The second-order valence-corrected chi connectivity index (χ2v) is 3.99. The first kappa shape index (κ1) is 8.37. The predicted molar refractivity (Wildman–Crippen MR) is 56.8 cm³/mol. The molecular formula is C9H4N4OS. The summed E-state index contributed by atoms with van der Waals surface area (Å²) in [4.78, 5) is 27.6. The van der Waals surface area contributed by atoms with Gasteiger partial charge in [0.1, 0.15) is 23.7 Å². The molecule has 3 heterocycles. The number of rotatable bonds is 0. The summed E-state index contributed by atoms with van der Waals surface area (Å²) in [6.45, 7) is 0. The van der Waals surface area contributed by atoms with E-state index in [2.05, 4.69) is 19.9 Å². The maximum Gasteiger partial charge on any atom is 0.232 e. The molecule has 0 aromatic carbocycles. The van der Waals surface area contributed by atoms with Gasteiger partial charge in [0.05, 0.1) is 9.40 Å². The lowest BCUT2D eigenvalue weighted by atomic mass is 10.4. The number of nitrogens with zero attached hydrogens (tertiary/aromatic N) is 4. The number of hydrogen-bond donors (Lipinski definition) is 0. The molecule has 0 radical (unpaired) electrons. The summed E-state index contributed by atoms with van der Waals surface area (Å²) in [5.74, 6) is 0. The van der Waals surface area contributed by atoms with Crippen LogP contribution >= 0.6 is 11.3 Å². The Kier molecular flexibility index (Phi) is 1.69. The zero-order chi connectivity index (χ0) is 10.3. The van der Waals surface area contributed by atoms with Gasteiger partial charge in [0, 0.05) is 12.4 Å². The van der Waals surface area contributed by atoms with Crippen molar-refractivity contribution in [3.8, 4) is 0 Å². The summed E-state index contributed by atoms with van der Waals surface area (Å²) in [6, 6.07) is 0. The molecule has 0 aliphatic heterocycles. The van der Waals surface area contributed by atoms with Crippen LogP contribution in [0.25, 0.3) is 20.4 Å². The molecule has 0 amide bonds. The van der Waals surface area contributed by atoms with Crippen molar-refractivity contribution in [3.63, 3.8) is 0 Å². The highest BCUT2D eigenvalue weighted by atomic mass is 32.1. The molecule has 0 unspecified atom stereocenters. The van der Waals surface area contributed by atoms with Gasteiger partial charge < -0.3 is 0 Å². The van der Waals surface area contributed by atoms with E-state index in [1.165, 1.54) is 24.0 Å². The lowest BCUT2D eigenvalue weighted by Crippen LogP contribution is -2.05. The highest BCUT2D eigenvalue weighted by Gasteiger charge is 2.07. The fourth-order valence-corrected chi connectivity index (χ4v) is 2.30. The van der Waals surface area contributed by atoms with Gasteiger partial charge in [-0.15, -0.1) is 11.3 Å². The maximum atomic E-state index is 11.9. The van der Waals surface area contributed by atoms with Crippen molar-refractivity contribution in [2.24, 2.45) is 0 Å². The van der Waals surface area contributed by atoms with Gasteiger partial charge in [-0.25, -0.2) is 19.9 Å². The van der Waals surface area contributed by atoms with Crippen molar-refractivity contribution in [1.29, 1.82) is 0 Å². The van der Waals surface area contributed by atoms with Gasteiger partial charge in [0.15, 0.2) is 0 Å². The maximum absolute atomic E-state index is 11.9. The third-order valence-corrected chi connectivity index (χ3v) is 3.04. The van der Waals surface area contributed by atoms with Gasteiger partial charge in [-0.2, -0.15) is 0 Å². The highest BCUT2D eigenvalue weighted by Crippen LogP contribution is 2.19. The summed E-state index contributed by atoms with van der Waals surface area (Å²) in [5, 5.41) is 0. The molecule has 3 aromatic rings. The molecule has 15 heavy (non-hydrogen) atoms. The molecule has 0 N–H and O–H groups in total. The molecule has 0 aliphatic rings. The van der Waals surface area contributed by atoms with E-state index in [1.54, 1.807) is 12.4 Å². The summed E-state index contributed by atoms with van der Waals surface area (Å²) >= 11 is 1.42. The number of hydrogen-bond acceptors (Lipinski definition) is 6. The third-order valence-electron chi connectivity index (χ3n) is 2.01. The van der Waals surface area contributed by atoms with Crippen LogP contribution in [0.1, 0.15) is 0 Å². The highest BCUT2D eigenvalue weighted by molar-refractivity contribution is 7.24. The summed E-state index contributed by atoms with van der Waals surface area (Å²) in [7, 11) is 0. The predicted octanol–water partition coefficient (Wildman–Crippen LogP) is 0.995. The van der Waals surface area contributed by atoms with Gasteiger partial charge in [-0.05, 0) is 0 Å². The van der Waals surface area contributed by atoms with Crippen molar-refractivity contribution < 1.29 is 0 Å². The topological polar surface area (TPSA) is 68.6 Å². The molecule has 0 aliphatic carbocycles. The van der Waals surface area contributed by atoms with Crippen molar-refractivity contribution in [1.82, 2.24) is 19.9 Å². The van der Waals surface area contributed by atoms with Crippen molar-refractivity contribution in [2.45, 2.75) is 0 Å². The van der Waals surface area contributed by atoms with Gasteiger partial charge in [-0.3, -0.25) is 4.79 Å². The van der Waals surface area contributed by atoms with Crippen LogP contribution in [0, 0.1) is 0 Å². The van der Waals surface area contributed by atoms with Crippen LogP contribution in [0.5, 0.6) is 0 Å². The van der Waals surface area contributed by atoms with E-state index in [1.807, 2.05) is 0 Å².